The third-order valence-electron chi connectivity index (χ3n) is 5.34. The van der Waals surface area contributed by atoms with Crippen LogP contribution in [-0.2, 0) is 5.60 Å². The van der Waals surface area contributed by atoms with E-state index in [1.165, 1.54) is 17.7 Å². The predicted octanol–water partition coefficient (Wildman–Crippen LogP) is 4.51. The van der Waals surface area contributed by atoms with Gasteiger partial charge in [0.15, 0.2) is 0 Å². The van der Waals surface area contributed by atoms with E-state index in [2.05, 4.69) is 31.1 Å². The molecule has 1 aliphatic carbocycles. The van der Waals surface area contributed by atoms with E-state index in [1.807, 2.05) is 24.3 Å². The SMILES string of the molecule is CN(C)C(c1ccccc1)C1CCCCC1(O)c1cccc(F)c1. The topological polar surface area (TPSA) is 23.5 Å². The maximum Gasteiger partial charge on any atom is 0.123 e. The van der Waals surface area contributed by atoms with Crippen molar-refractivity contribution in [3.63, 3.8) is 0 Å². The molecule has 1 N–H and O–H groups in total. The Morgan fingerprint density at radius 2 is 1.83 bits per heavy atom. The van der Waals surface area contributed by atoms with Crippen LogP contribution in [0, 0.1) is 11.7 Å². The van der Waals surface area contributed by atoms with Gasteiger partial charge in [-0.3, -0.25) is 0 Å². The van der Waals surface area contributed by atoms with Crippen molar-refractivity contribution in [2.45, 2.75) is 37.3 Å². The minimum Gasteiger partial charge on any atom is -0.385 e. The molecule has 0 saturated heterocycles. The van der Waals surface area contributed by atoms with E-state index < -0.39 is 5.60 Å². The number of hydrogen-bond acceptors (Lipinski definition) is 2. The first-order valence-electron chi connectivity index (χ1n) is 8.72. The van der Waals surface area contributed by atoms with Gasteiger partial charge in [-0.05, 0) is 50.2 Å². The number of benzene rings is 2. The van der Waals surface area contributed by atoms with Crippen molar-refractivity contribution in [1.29, 1.82) is 0 Å². The Hall–Kier alpha value is -1.71. The van der Waals surface area contributed by atoms with Gasteiger partial charge in [-0.2, -0.15) is 0 Å². The van der Waals surface area contributed by atoms with E-state index in [9.17, 15) is 9.50 Å². The zero-order chi connectivity index (χ0) is 17.2. The lowest BCUT2D eigenvalue weighted by Crippen LogP contribution is -2.45. The Morgan fingerprint density at radius 3 is 2.50 bits per heavy atom. The fraction of sp³-hybridized carbons (Fsp3) is 0.429. The number of rotatable bonds is 4. The fourth-order valence-electron chi connectivity index (χ4n) is 4.26. The summed E-state index contributed by atoms with van der Waals surface area (Å²) in [5.74, 6) is -0.253. The van der Waals surface area contributed by atoms with Gasteiger partial charge in [0.05, 0.1) is 5.60 Å². The van der Waals surface area contributed by atoms with Crippen LogP contribution >= 0.6 is 0 Å². The van der Waals surface area contributed by atoms with Crippen molar-refractivity contribution in [1.82, 2.24) is 4.90 Å². The summed E-state index contributed by atoms with van der Waals surface area (Å²) in [5.41, 5.74) is 0.907. The van der Waals surface area contributed by atoms with Gasteiger partial charge in [0.25, 0.3) is 0 Å². The molecule has 0 aliphatic heterocycles. The molecule has 3 heteroatoms. The van der Waals surface area contributed by atoms with E-state index in [0.717, 1.165) is 19.3 Å². The van der Waals surface area contributed by atoms with Crippen LogP contribution in [0.25, 0.3) is 0 Å². The minimum absolute atomic E-state index is 0.0328. The molecule has 0 amide bonds. The van der Waals surface area contributed by atoms with Gasteiger partial charge in [-0.25, -0.2) is 4.39 Å². The van der Waals surface area contributed by atoms with Crippen LogP contribution in [0.1, 0.15) is 42.9 Å². The van der Waals surface area contributed by atoms with Gasteiger partial charge in [-0.1, -0.05) is 55.3 Å². The molecular weight excluding hydrogens is 301 g/mol. The second kappa shape index (κ2) is 7.04. The van der Waals surface area contributed by atoms with Gasteiger partial charge >= 0.3 is 0 Å². The molecule has 0 bridgehead atoms. The van der Waals surface area contributed by atoms with Gasteiger partial charge in [0, 0.05) is 12.0 Å². The molecule has 0 radical (unpaired) electrons. The van der Waals surface area contributed by atoms with E-state index >= 15 is 0 Å². The molecule has 24 heavy (non-hydrogen) atoms. The van der Waals surface area contributed by atoms with E-state index in [1.54, 1.807) is 6.07 Å². The number of halogens is 1. The number of nitrogens with zero attached hydrogens (tertiary/aromatic N) is 1. The molecule has 3 unspecified atom stereocenters. The van der Waals surface area contributed by atoms with Crippen LogP contribution < -0.4 is 0 Å². The van der Waals surface area contributed by atoms with Gasteiger partial charge < -0.3 is 10.0 Å². The molecule has 3 rings (SSSR count). The highest BCUT2D eigenvalue weighted by molar-refractivity contribution is 5.28. The first-order chi connectivity index (χ1) is 11.5. The van der Waals surface area contributed by atoms with E-state index in [0.29, 0.717) is 12.0 Å². The Labute approximate surface area is 143 Å². The lowest BCUT2D eigenvalue weighted by molar-refractivity contribution is -0.0839. The molecule has 1 fully saturated rings. The number of hydrogen-bond donors (Lipinski definition) is 1. The summed E-state index contributed by atoms with van der Waals surface area (Å²) in [5, 5.41) is 11.6. The van der Waals surface area contributed by atoms with Crippen LogP contribution in [0.4, 0.5) is 4.39 Å². The van der Waals surface area contributed by atoms with Gasteiger partial charge in [0.1, 0.15) is 5.82 Å². The minimum atomic E-state index is -0.995. The number of aliphatic hydroxyl groups is 1. The van der Waals surface area contributed by atoms with Gasteiger partial charge in [-0.15, -0.1) is 0 Å². The third kappa shape index (κ3) is 3.24. The monoisotopic (exact) mass is 327 g/mol. The molecular formula is C21H26FNO. The third-order valence-corrected chi connectivity index (χ3v) is 5.34. The highest BCUT2D eigenvalue weighted by atomic mass is 19.1. The second-order valence-electron chi connectivity index (χ2n) is 7.11. The average Bonchev–Trinajstić information content (AvgIpc) is 2.58. The molecule has 0 heterocycles. The average molecular weight is 327 g/mol. The quantitative estimate of drug-likeness (QED) is 0.893. The van der Waals surface area contributed by atoms with Crippen LogP contribution in [0.15, 0.2) is 54.6 Å². The Bertz CT molecular complexity index is 673. The largest absolute Gasteiger partial charge is 0.385 e. The fourth-order valence-corrected chi connectivity index (χ4v) is 4.26. The maximum absolute atomic E-state index is 13.8. The van der Waals surface area contributed by atoms with Crippen molar-refractivity contribution in [2.24, 2.45) is 5.92 Å². The molecule has 2 aromatic rings. The Kier molecular flexibility index (Phi) is 5.02. The van der Waals surface area contributed by atoms with Crippen molar-refractivity contribution in [3.8, 4) is 0 Å². The smallest absolute Gasteiger partial charge is 0.123 e. The summed E-state index contributed by atoms with van der Waals surface area (Å²) in [4.78, 5) is 2.18. The summed E-state index contributed by atoms with van der Waals surface area (Å²) in [6, 6.07) is 16.9. The molecule has 3 atom stereocenters. The van der Waals surface area contributed by atoms with Crippen LogP contribution in [0.3, 0.4) is 0 Å². The molecule has 1 saturated carbocycles. The summed E-state index contributed by atoms with van der Waals surface area (Å²) in [6.07, 6.45) is 3.68. The standard InChI is InChI=1S/C21H26FNO/c1-23(2)20(16-9-4-3-5-10-16)19-13-6-7-14-21(19,24)17-11-8-12-18(22)15-17/h3-5,8-12,15,19-20,24H,6-7,13-14H2,1-2H3. The first-order valence-corrected chi connectivity index (χ1v) is 8.72. The van der Waals surface area contributed by atoms with E-state index in [-0.39, 0.29) is 17.8 Å². The van der Waals surface area contributed by atoms with Crippen molar-refractivity contribution in [2.75, 3.05) is 14.1 Å². The molecule has 0 aromatic heterocycles. The summed E-state index contributed by atoms with van der Waals surface area (Å²) in [6.45, 7) is 0. The van der Waals surface area contributed by atoms with Crippen molar-refractivity contribution >= 4 is 0 Å². The summed E-state index contributed by atoms with van der Waals surface area (Å²) in [7, 11) is 4.11. The van der Waals surface area contributed by atoms with Crippen LogP contribution in [0.5, 0.6) is 0 Å². The first kappa shape index (κ1) is 17.1. The van der Waals surface area contributed by atoms with Crippen LogP contribution in [-0.4, -0.2) is 24.1 Å². The van der Waals surface area contributed by atoms with Gasteiger partial charge in [0.2, 0.25) is 0 Å². The zero-order valence-electron chi connectivity index (χ0n) is 14.5. The lowest BCUT2D eigenvalue weighted by Gasteiger charge is -2.46. The predicted molar refractivity (Wildman–Crippen MR) is 95.1 cm³/mol. The maximum atomic E-state index is 13.8. The summed E-state index contributed by atoms with van der Waals surface area (Å²) < 4.78 is 13.8. The molecule has 2 aromatic carbocycles. The van der Waals surface area contributed by atoms with Crippen molar-refractivity contribution in [3.05, 3.63) is 71.5 Å². The molecule has 128 valence electrons. The Balaban J connectivity index is 2.05. The van der Waals surface area contributed by atoms with E-state index in [4.69, 9.17) is 0 Å². The molecule has 1 aliphatic rings. The van der Waals surface area contributed by atoms with Crippen LogP contribution in [0.2, 0.25) is 0 Å². The second-order valence-corrected chi connectivity index (χ2v) is 7.11. The highest BCUT2D eigenvalue weighted by Gasteiger charge is 2.45. The molecule has 0 spiro atoms. The molecule has 2 nitrogen and oxygen atoms in total. The van der Waals surface area contributed by atoms with Crippen molar-refractivity contribution < 1.29 is 9.50 Å². The summed E-state index contributed by atoms with van der Waals surface area (Å²) >= 11 is 0. The normalized spacial score (nSPS) is 25.6. The lowest BCUT2D eigenvalue weighted by atomic mass is 9.67. The zero-order valence-corrected chi connectivity index (χ0v) is 14.5. The Morgan fingerprint density at radius 1 is 1.08 bits per heavy atom. The highest BCUT2D eigenvalue weighted by Crippen LogP contribution is 2.48.